The lowest BCUT2D eigenvalue weighted by Gasteiger charge is -2.12. The molecule has 104 valence electrons. The third-order valence-corrected chi connectivity index (χ3v) is 3.06. The zero-order chi connectivity index (χ0) is 14.7. The summed E-state index contributed by atoms with van der Waals surface area (Å²) in [5, 5.41) is 0.405. The molecule has 0 atom stereocenters. The number of ether oxygens (including phenoxy) is 2. The summed E-state index contributed by atoms with van der Waals surface area (Å²) in [4.78, 5) is 12.6. The number of halogens is 1. The predicted molar refractivity (Wildman–Crippen MR) is 78.8 cm³/mol. The smallest absolute Gasteiger partial charge is 0.200 e. The van der Waals surface area contributed by atoms with Crippen molar-refractivity contribution in [2.24, 2.45) is 0 Å². The lowest BCUT2D eigenvalue weighted by Crippen LogP contribution is -2.07. The van der Waals surface area contributed by atoms with Gasteiger partial charge in [0.1, 0.15) is 17.1 Å². The van der Waals surface area contributed by atoms with Gasteiger partial charge in [-0.3, -0.25) is 4.79 Å². The molecular formula is C15H14ClNO3. The van der Waals surface area contributed by atoms with E-state index in [0.29, 0.717) is 33.3 Å². The topological polar surface area (TPSA) is 61.5 Å². The molecule has 2 rings (SSSR count). The number of carbonyl (C=O) groups excluding carboxylic acids is 1. The van der Waals surface area contributed by atoms with Crippen molar-refractivity contribution in [1.82, 2.24) is 0 Å². The lowest BCUT2D eigenvalue weighted by atomic mass is 10.0. The second-order valence-electron chi connectivity index (χ2n) is 4.14. The van der Waals surface area contributed by atoms with E-state index in [1.165, 1.54) is 14.2 Å². The second kappa shape index (κ2) is 5.84. The summed E-state index contributed by atoms with van der Waals surface area (Å²) < 4.78 is 10.5. The number of carbonyl (C=O) groups is 1. The van der Waals surface area contributed by atoms with Gasteiger partial charge in [-0.1, -0.05) is 17.7 Å². The monoisotopic (exact) mass is 291 g/mol. The maximum absolute atomic E-state index is 12.6. The van der Waals surface area contributed by atoms with Crippen LogP contribution in [0.1, 0.15) is 15.9 Å². The van der Waals surface area contributed by atoms with E-state index in [1.807, 2.05) is 0 Å². The number of hydrogen-bond donors (Lipinski definition) is 1. The molecule has 0 amide bonds. The molecule has 2 aromatic rings. The number of benzene rings is 2. The summed E-state index contributed by atoms with van der Waals surface area (Å²) in [6, 6.07) is 9.86. The van der Waals surface area contributed by atoms with Crippen LogP contribution in [0.5, 0.6) is 11.5 Å². The molecule has 0 saturated heterocycles. The fourth-order valence-electron chi connectivity index (χ4n) is 1.96. The zero-order valence-electron chi connectivity index (χ0n) is 11.1. The molecule has 2 aromatic carbocycles. The van der Waals surface area contributed by atoms with E-state index in [0.717, 1.165) is 0 Å². The first-order valence-corrected chi connectivity index (χ1v) is 6.26. The summed E-state index contributed by atoms with van der Waals surface area (Å²) in [5.74, 6) is 0.620. The summed E-state index contributed by atoms with van der Waals surface area (Å²) in [6.07, 6.45) is 0. The molecule has 0 radical (unpaired) electrons. The van der Waals surface area contributed by atoms with Crippen LogP contribution in [-0.2, 0) is 0 Å². The van der Waals surface area contributed by atoms with E-state index < -0.39 is 0 Å². The number of ketones is 1. The van der Waals surface area contributed by atoms with Gasteiger partial charge in [0.25, 0.3) is 0 Å². The van der Waals surface area contributed by atoms with Gasteiger partial charge in [0.05, 0.1) is 14.2 Å². The standard InChI is InChI=1S/C15H14ClNO3/c1-19-12-4-3-5-13(20-2)14(12)15(18)9-6-10(16)8-11(17)7-9/h3-8H,17H2,1-2H3. The predicted octanol–water partition coefficient (Wildman–Crippen LogP) is 3.17. The Morgan fingerprint density at radius 2 is 1.70 bits per heavy atom. The van der Waals surface area contributed by atoms with Crippen molar-refractivity contribution >= 4 is 23.1 Å². The molecule has 4 nitrogen and oxygen atoms in total. The minimum Gasteiger partial charge on any atom is -0.496 e. The first-order chi connectivity index (χ1) is 9.56. The van der Waals surface area contributed by atoms with E-state index in [4.69, 9.17) is 26.8 Å². The lowest BCUT2D eigenvalue weighted by molar-refractivity contribution is 0.103. The van der Waals surface area contributed by atoms with E-state index in [2.05, 4.69) is 0 Å². The molecular weight excluding hydrogens is 278 g/mol. The van der Waals surface area contributed by atoms with Crippen LogP contribution in [0.4, 0.5) is 5.69 Å². The van der Waals surface area contributed by atoms with E-state index in [-0.39, 0.29) is 5.78 Å². The first kappa shape index (κ1) is 14.2. The summed E-state index contributed by atoms with van der Waals surface area (Å²) in [7, 11) is 3.00. The Balaban J connectivity index is 2.58. The maximum atomic E-state index is 12.6. The van der Waals surface area contributed by atoms with Crippen LogP contribution in [0.15, 0.2) is 36.4 Å². The molecule has 0 aromatic heterocycles. The third kappa shape index (κ3) is 2.70. The van der Waals surface area contributed by atoms with Crippen molar-refractivity contribution in [3.8, 4) is 11.5 Å². The van der Waals surface area contributed by atoms with Crippen molar-refractivity contribution in [1.29, 1.82) is 0 Å². The summed E-state index contributed by atoms with van der Waals surface area (Å²) >= 11 is 5.93. The van der Waals surface area contributed by atoms with Crippen LogP contribution in [0, 0.1) is 0 Å². The fraction of sp³-hybridized carbons (Fsp3) is 0.133. The first-order valence-electron chi connectivity index (χ1n) is 5.88. The van der Waals surface area contributed by atoms with E-state index >= 15 is 0 Å². The van der Waals surface area contributed by atoms with Crippen molar-refractivity contribution in [2.45, 2.75) is 0 Å². The molecule has 5 heteroatoms. The van der Waals surface area contributed by atoms with E-state index in [9.17, 15) is 4.79 Å². The van der Waals surface area contributed by atoms with Gasteiger partial charge in [0, 0.05) is 16.3 Å². The number of nitrogens with two attached hydrogens (primary N) is 1. The number of nitrogen functional groups attached to an aromatic ring is 1. The quantitative estimate of drug-likeness (QED) is 0.694. The second-order valence-corrected chi connectivity index (χ2v) is 4.58. The maximum Gasteiger partial charge on any atom is 0.200 e. The van der Waals surface area contributed by atoms with Gasteiger partial charge >= 0.3 is 0 Å². The van der Waals surface area contributed by atoms with Crippen LogP contribution in [0.3, 0.4) is 0 Å². The highest BCUT2D eigenvalue weighted by Gasteiger charge is 2.20. The average molecular weight is 292 g/mol. The third-order valence-electron chi connectivity index (χ3n) is 2.84. The molecule has 2 N–H and O–H groups in total. The van der Waals surface area contributed by atoms with Gasteiger partial charge in [-0.2, -0.15) is 0 Å². The highest BCUT2D eigenvalue weighted by Crippen LogP contribution is 2.31. The molecule has 0 spiro atoms. The van der Waals surface area contributed by atoms with Crippen molar-refractivity contribution < 1.29 is 14.3 Å². The number of anilines is 1. The zero-order valence-corrected chi connectivity index (χ0v) is 11.9. The molecule has 0 aliphatic rings. The molecule has 0 fully saturated rings. The van der Waals surface area contributed by atoms with Crippen LogP contribution >= 0.6 is 11.6 Å². The van der Waals surface area contributed by atoms with Crippen molar-refractivity contribution in [3.63, 3.8) is 0 Å². The Labute approximate surface area is 122 Å². The minimum absolute atomic E-state index is 0.256. The largest absolute Gasteiger partial charge is 0.496 e. The van der Waals surface area contributed by atoms with Crippen LogP contribution in [0.25, 0.3) is 0 Å². The average Bonchev–Trinajstić information content (AvgIpc) is 2.44. The van der Waals surface area contributed by atoms with Crippen LogP contribution in [0.2, 0.25) is 5.02 Å². The Morgan fingerprint density at radius 3 is 2.20 bits per heavy atom. The van der Waals surface area contributed by atoms with Crippen LogP contribution in [-0.4, -0.2) is 20.0 Å². The van der Waals surface area contributed by atoms with Crippen molar-refractivity contribution in [2.75, 3.05) is 20.0 Å². The number of rotatable bonds is 4. The Kier molecular flexibility index (Phi) is 4.15. The molecule has 0 heterocycles. The SMILES string of the molecule is COc1cccc(OC)c1C(=O)c1cc(N)cc(Cl)c1. The normalized spacial score (nSPS) is 10.2. The van der Waals surface area contributed by atoms with Crippen LogP contribution < -0.4 is 15.2 Å². The fourth-order valence-corrected chi connectivity index (χ4v) is 2.21. The Hall–Kier alpha value is -2.20. The molecule has 0 unspecified atom stereocenters. The molecule has 20 heavy (non-hydrogen) atoms. The molecule has 0 saturated carbocycles. The Bertz CT molecular complexity index is 613. The van der Waals surface area contributed by atoms with Crippen molar-refractivity contribution in [3.05, 3.63) is 52.5 Å². The minimum atomic E-state index is -0.256. The summed E-state index contributed by atoms with van der Waals surface area (Å²) in [5.41, 5.74) is 6.88. The highest BCUT2D eigenvalue weighted by molar-refractivity contribution is 6.31. The summed E-state index contributed by atoms with van der Waals surface area (Å²) in [6.45, 7) is 0. The van der Waals surface area contributed by atoms with Gasteiger partial charge in [-0.25, -0.2) is 0 Å². The molecule has 0 aliphatic carbocycles. The van der Waals surface area contributed by atoms with Gasteiger partial charge in [-0.05, 0) is 30.3 Å². The number of methoxy groups -OCH3 is 2. The van der Waals surface area contributed by atoms with E-state index in [1.54, 1.807) is 36.4 Å². The molecule has 0 bridgehead atoms. The highest BCUT2D eigenvalue weighted by atomic mass is 35.5. The van der Waals surface area contributed by atoms with Gasteiger partial charge in [0.15, 0.2) is 0 Å². The number of hydrogen-bond acceptors (Lipinski definition) is 4. The van der Waals surface area contributed by atoms with Gasteiger partial charge < -0.3 is 15.2 Å². The van der Waals surface area contributed by atoms with Gasteiger partial charge in [0.2, 0.25) is 5.78 Å². The van der Waals surface area contributed by atoms with Gasteiger partial charge in [-0.15, -0.1) is 0 Å². The molecule has 0 aliphatic heterocycles. The Morgan fingerprint density at radius 1 is 1.10 bits per heavy atom.